The Labute approximate surface area is 154 Å². The van der Waals surface area contributed by atoms with Crippen molar-refractivity contribution in [1.82, 2.24) is 10.2 Å². The number of likely N-dealkylation sites (tertiary alicyclic amines) is 1. The molecule has 1 atom stereocenters. The van der Waals surface area contributed by atoms with Gasteiger partial charge in [-0.25, -0.2) is 0 Å². The topological polar surface area (TPSA) is 58.6 Å². The molecule has 26 heavy (non-hydrogen) atoms. The minimum absolute atomic E-state index is 0.123. The average molecular weight is 352 g/mol. The fourth-order valence-corrected chi connectivity index (χ4v) is 3.16. The first-order chi connectivity index (χ1) is 12.7. The summed E-state index contributed by atoms with van der Waals surface area (Å²) in [7, 11) is 0. The van der Waals surface area contributed by atoms with Crippen molar-refractivity contribution in [1.29, 1.82) is 0 Å². The molecular weight excluding hydrogens is 328 g/mol. The molecule has 2 aromatic rings. The number of nitrogens with one attached hydrogen (secondary N) is 1. The highest BCUT2D eigenvalue weighted by atomic mass is 16.5. The summed E-state index contributed by atoms with van der Waals surface area (Å²) >= 11 is 0. The number of hydrogen-bond acceptors (Lipinski definition) is 3. The van der Waals surface area contributed by atoms with Crippen LogP contribution in [0.5, 0.6) is 5.75 Å². The highest BCUT2D eigenvalue weighted by Gasteiger charge is 2.29. The molecule has 1 heterocycles. The number of carbonyl (C=O) groups is 2. The molecule has 1 unspecified atom stereocenters. The molecule has 0 spiro atoms. The predicted molar refractivity (Wildman–Crippen MR) is 99.9 cm³/mol. The Morgan fingerprint density at radius 3 is 2.58 bits per heavy atom. The molecule has 0 bridgehead atoms. The molecule has 2 amide bonds. The van der Waals surface area contributed by atoms with Gasteiger partial charge in [0.05, 0.1) is 6.61 Å². The third-order valence-electron chi connectivity index (χ3n) is 4.49. The van der Waals surface area contributed by atoms with Gasteiger partial charge in [-0.1, -0.05) is 30.3 Å². The molecule has 2 aromatic carbocycles. The lowest BCUT2D eigenvalue weighted by atomic mass is 10.1. The third-order valence-corrected chi connectivity index (χ3v) is 4.49. The second-order valence-electron chi connectivity index (χ2n) is 6.50. The van der Waals surface area contributed by atoms with E-state index in [0.717, 1.165) is 11.3 Å². The van der Waals surface area contributed by atoms with E-state index in [1.807, 2.05) is 42.2 Å². The van der Waals surface area contributed by atoms with Crippen LogP contribution in [0, 0.1) is 5.92 Å². The van der Waals surface area contributed by atoms with E-state index in [1.165, 1.54) is 0 Å². The van der Waals surface area contributed by atoms with Gasteiger partial charge in [0, 0.05) is 37.5 Å². The van der Waals surface area contributed by atoms with E-state index < -0.39 is 0 Å². The monoisotopic (exact) mass is 352 g/mol. The van der Waals surface area contributed by atoms with Crippen molar-refractivity contribution in [3.63, 3.8) is 0 Å². The summed E-state index contributed by atoms with van der Waals surface area (Å²) in [5.41, 5.74) is 1.72. The number of hydrogen-bond donors (Lipinski definition) is 1. The minimum atomic E-state index is -0.123. The maximum Gasteiger partial charge on any atom is 0.251 e. The fraction of sp³-hybridized carbons (Fsp3) is 0.333. The lowest BCUT2D eigenvalue weighted by molar-refractivity contribution is -0.128. The Morgan fingerprint density at radius 2 is 1.88 bits per heavy atom. The summed E-state index contributed by atoms with van der Waals surface area (Å²) in [6.45, 7) is 4.33. The van der Waals surface area contributed by atoms with Gasteiger partial charge in [0.1, 0.15) is 5.75 Å². The molecule has 0 aliphatic carbocycles. The van der Waals surface area contributed by atoms with Crippen molar-refractivity contribution in [3.05, 3.63) is 65.7 Å². The van der Waals surface area contributed by atoms with Crippen molar-refractivity contribution in [2.45, 2.75) is 19.9 Å². The van der Waals surface area contributed by atoms with Crippen LogP contribution in [0.3, 0.4) is 0 Å². The number of nitrogens with zero attached hydrogens (tertiary/aromatic N) is 1. The van der Waals surface area contributed by atoms with E-state index in [2.05, 4.69) is 5.32 Å². The number of amides is 2. The molecule has 1 fully saturated rings. The predicted octanol–water partition coefficient (Wildman–Crippen LogP) is 2.86. The second-order valence-corrected chi connectivity index (χ2v) is 6.50. The van der Waals surface area contributed by atoms with Crippen LogP contribution in [0.25, 0.3) is 0 Å². The van der Waals surface area contributed by atoms with Crippen molar-refractivity contribution in [2.24, 2.45) is 5.92 Å². The summed E-state index contributed by atoms with van der Waals surface area (Å²) in [6, 6.07) is 17.0. The van der Waals surface area contributed by atoms with Crippen LogP contribution in [0.2, 0.25) is 0 Å². The van der Waals surface area contributed by atoms with Gasteiger partial charge in [-0.15, -0.1) is 0 Å². The molecular formula is C21H24N2O3. The van der Waals surface area contributed by atoms with E-state index in [-0.39, 0.29) is 17.7 Å². The highest BCUT2D eigenvalue weighted by Crippen LogP contribution is 2.20. The summed E-state index contributed by atoms with van der Waals surface area (Å²) in [5, 5.41) is 2.94. The molecule has 5 nitrogen and oxygen atoms in total. The number of rotatable bonds is 7. The minimum Gasteiger partial charge on any atom is -0.494 e. The summed E-state index contributed by atoms with van der Waals surface area (Å²) in [6.07, 6.45) is 0.483. The van der Waals surface area contributed by atoms with Crippen molar-refractivity contribution >= 4 is 11.8 Å². The van der Waals surface area contributed by atoms with Gasteiger partial charge >= 0.3 is 0 Å². The smallest absolute Gasteiger partial charge is 0.251 e. The van der Waals surface area contributed by atoms with Crippen LogP contribution < -0.4 is 10.1 Å². The van der Waals surface area contributed by atoms with Gasteiger partial charge in [0.15, 0.2) is 0 Å². The molecule has 3 rings (SSSR count). The van der Waals surface area contributed by atoms with Crippen LogP contribution in [-0.4, -0.2) is 36.4 Å². The maximum absolute atomic E-state index is 12.3. The standard InChI is InChI=1S/C21H24N2O3/c1-2-26-19-10-8-18(9-11-19)21(25)22-13-17-12-20(24)23(15-17)14-16-6-4-3-5-7-16/h3-11,17H,2,12-15H2,1H3,(H,22,25). The molecule has 5 heteroatoms. The van der Waals surface area contributed by atoms with Gasteiger partial charge in [0.2, 0.25) is 5.91 Å². The van der Waals surface area contributed by atoms with E-state index in [1.54, 1.807) is 24.3 Å². The first-order valence-electron chi connectivity index (χ1n) is 8.98. The SMILES string of the molecule is CCOc1ccc(C(=O)NCC2CC(=O)N(Cc3ccccc3)C2)cc1. The Hall–Kier alpha value is -2.82. The molecule has 1 aliphatic rings. The van der Waals surface area contributed by atoms with Crippen molar-refractivity contribution < 1.29 is 14.3 Å². The van der Waals surface area contributed by atoms with E-state index in [9.17, 15) is 9.59 Å². The Morgan fingerprint density at radius 1 is 1.15 bits per heavy atom. The van der Waals surface area contributed by atoms with Gasteiger partial charge in [-0.2, -0.15) is 0 Å². The Bertz CT molecular complexity index is 744. The third kappa shape index (κ3) is 4.63. The Kier molecular flexibility index (Phi) is 5.89. The largest absolute Gasteiger partial charge is 0.494 e. The van der Waals surface area contributed by atoms with Crippen LogP contribution >= 0.6 is 0 Å². The lowest BCUT2D eigenvalue weighted by Gasteiger charge is -2.17. The van der Waals surface area contributed by atoms with Gasteiger partial charge in [0.25, 0.3) is 5.91 Å². The van der Waals surface area contributed by atoms with Crippen molar-refractivity contribution in [3.8, 4) is 5.75 Å². The zero-order valence-electron chi connectivity index (χ0n) is 15.0. The van der Waals surface area contributed by atoms with Crippen LogP contribution in [0.4, 0.5) is 0 Å². The zero-order chi connectivity index (χ0) is 18.4. The van der Waals surface area contributed by atoms with Crippen LogP contribution in [0.1, 0.15) is 29.3 Å². The van der Waals surface area contributed by atoms with Gasteiger partial charge in [-0.05, 0) is 36.8 Å². The summed E-state index contributed by atoms with van der Waals surface area (Å²) in [4.78, 5) is 26.3. The van der Waals surface area contributed by atoms with E-state index in [4.69, 9.17) is 4.74 Å². The van der Waals surface area contributed by atoms with E-state index >= 15 is 0 Å². The van der Waals surface area contributed by atoms with E-state index in [0.29, 0.717) is 38.2 Å². The number of ether oxygens (including phenoxy) is 1. The maximum atomic E-state index is 12.3. The van der Waals surface area contributed by atoms with Gasteiger partial charge in [-0.3, -0.25) is 9.59 Å². The summed E-state index contributed by atoms with van der Waals surface area (Å²) in [5.74, 6) is 0.927. The molecule has 136 valence electrons. The Balaban J connectivity index is 1.49. The van der Waals surface area contributed by atoms with Crippen LogP contribution in [-0.2, 0) is 11.3 Å². The molecule has 0 saturated carbocycles. The highest BCUT2D eigenvalue weighted by molar-refractivity contribution is 5.94. The average Bonchev–Trinajstić information content (AvgIpc) is 3.01. The lowest BCUT2D eigenvalue weighted by Crippen LogP contribution is -2.31. The molecule has 1 saturated heterocycles. The first-order valence-corrected chi connectivity index (χ1v) is 8.98. The zero-order valence-corrected chi connectivity index (χ0v) is 15.0. The second kappa shape index (κ2) is 8.52. The van der Waals surface area contributed by atoms with Gasteiger partial charge < -0.3 is 15.0 Å². The summed E-state index contributed by atoms with van der Waals surface area (Å²) < 4.78 is 5.38. The normalized spacial score (nSPS) is 16.6. The molecule has 0 radical (unpaired) electrons. The molecule has 1 N–H and O–H groups in total. The van der Waals surface area contributed by atoms with Crippen molar-refractivity contribution in [2.75, 3.05) is 19.7 Å². The van der Waals surface area contributed by atoms with Crippen LogP contribution in [0.15, 0.2) is 54.6 Å². The fourth-order valence-electron chi connectivity index (χ4n) is 3.16. The molecule has 1 aliphatic heterocycles. The number of benzene rings is 2. The quantitative estimate of drug-likeness (QED) is 0.834. The molecule has 0 aromatic heterocycles. The first kappa shape index (κ1) is 18.0. The number of carbonyl (C=O) groups excluding carboxylic acids is 2.